The van der Waals surface area contributed by atoms with Crippen LogP contribution in [0.5, 0.6) is 11.5 Å². The molecule has 0 aromatic heterocycles. The lowest BCUT2D eigenvalue weighted by atomic mass is 10.0. The second-order valence-corrected chi connectivity index (χ2v) is 7.57. The van der Waals surface area contributed by atoms with Crippen LogP contribution < -0.4 is 9.47 Å². The van der Waals surface area contributed by atoms with Crippen molar-refractivity contribution in [3.63, 3.8) is 0 Å². The minimum Gasteiger partial charge on any atom is -0.497 e. The maximum Gasteiger partial charge on any atom is 0.170 e. The highest BCUT2D eigenvalue weighted by Gasteiger charge is 2.42. The number of hydrogen-bond acceptors (Lipinski definition) is 5. The zero-order valence-corrected chi connectivity index (χ0v) is 16.4. The van der Waals surface area contributed by atoms with E-state index in [4.69, 9.17) is 9.47 Å². The molecular formula is C19H24O3S2. The minimum atomic E-state index is 0.0587. The number of carbonyl (C=O) groups is 1. The first kappa shape index (κ1) is 19.0. The summed E-state index contributed by atoms with van der Waals surface area (Å²) < 4.78 is 11.8. The molecule has 0 N–H and O–H groups in total. The van der Waals surface area contributed by atoms with E-state index >= 15 is 0 Å². The fraction of sp³-hybridized carbons (Fsp3) is 0.421. The molecule has 1 aliphatic carbocycles. The smallest absolute Gasteiger partial charge is 0.170 e. The molecule has 1 saturated carbocycles. The molecule has 130 valence electrons. The van der Waals surface area contributed by atoms with Gasteiger partial charge in [-0.05, 0) is 49.5 Å². The van der Waals surface area contributed by atoms with E-state index in [1.165, 1.54) is 9.81 Å². The maximum absolute atomic E-state index is 12.7. The highest BCUT2D eigenvalue weighted by molar-refractivity contribution is 8.21. The third-order valence-corrected chi connectivity index (χ3v) is 6.52. The lowest BCUT2D eigenvalue weighted by Gasteiger charge is -2.09. The zero-order chi connectivity index (χ0) is 17.7. The molecule has 2 unspecified atom stereocenters. The van der Waals surface area contributed by atoms with Crippen molar-refractivity contribution in [2.24, 2.45) is 11.8 Å². The van der Waals surface area contributed by atoms with Crippen molar-refractivity contribution < 1.29 is 14.3 Å². The van der Waals surface area contributed by atoms with Crippen molar-refractivity contribution >= 4 is 29.3 Å². The fourth-order valence-corrected chi connectivity index (χ4v) is 4.12. The Labute approximate surface area is 152 Å². The summed E-state index contributed by atoms with van der Waals surface area (Å²) in [7, 11) is 3.18. The number of allylic oxidation sites excluding steroid dienone is 3. The summed E-state index contributed by atoms with van der Waals surface area (Å²) in [4.78, 5) is 12.7. The van der Waals surface area contributed by atoms with E-state index in [1.807, 2.05) is 0 Å². The summed E-state index contributed by atoms with van der Waals surface area (Å²) in [6.07, 6.45) is 9.39. The van der Waals surface area contributed by atoms with Crippen LogP contribution in [0.3, 0.4) is 0 Å². The molecule has 2 atom stereocenters. The Bertz CT molecular complexity index is 659. The summed E-state index contributed by atoms with van der Waals surface area (Å²) in [6, 6.07) is 5.36. The van der Waals surface area contributed by atoms with Gasteiger partial charge in [-0.15, -0.1) is 23.5 Å². The summed E-state index contributed by atoms with van der Waals surface area (Å²) in [6.45, 7) is 2.12. The van der Waals surface area contributed by atoms with Crippen molar-refractivity contribution in [3.8, 4) is 11.5 Å². The lowest BCUT2D eigenvalue weighted by Crippen LogP contribution is -2.05. The van der Waals surface area contributed by atoms with Gasteiger partial charge in [0, 0.05) is 16.2 Å². The van der Waals surface area contributed by atoms with Crippen LogP contribution in [0.1, 0.15) is 23.7 Å². The number of ether oxygens (including phenoxy) is 2. The van der Waals surface area contributed by atoms with Crippen molar-refractivity contribution in [1.29, 1.82) is 0 Å². The molecule has 1 aliphatic rings. The normalized spacial score (nSPS) is 19.2. The van der Waals surface area contributed by atoms with Crippen LogP contribution in [0.15, 0.2) is 40.2 Å². The number of carbonyl (C=O) groups excluding carboxylic acids is 1. The van der Waals surface area contributed by atoms with Gasteiger partial charge in [0.05, 0.1) is 19.8 Å². The van der Waals surface area contributed by atoms with Crippen LogP contribution in [0.4, 0.5) is 0 Å². The third-order valence-electron chi connectivity index (χ3n) is 4.14. The third kappa shape index (κ3) is 4.39. The Balaban J connectivity index is 2.08. The number of Topliss-reactive ketones (excluding diaryl/α,β-unsaturated/α-hetero) is 1. The van der Waals surface area contributed by atoms with Crippen molar-refractivity contribution in [2.75, 3.05) is 26.7 Å². The second-order valence-electron chi connectivity index (χ2n) is 5.67. The number of ketones is 1. The summed E-state index contributed by atoms with van der Waals surface area (Å²) in [5.74, 6) is 1.81. The second kappa shape index (κ2) is 8.67. The predicted octanol–water partition coefficient (Wildman–Crippen LogP) is 5.04. The molecule has 1 aromatic carbocycles. The van der Waals surface area contributed by atoms with Crippen molar-refractivity contribution in [3.05, 3.63) is 45.7 Å². The van der Waals surface area contributed by atoms with Crippen LogP contribution in [0, 0.1) is 11.8 Å². The number of thioether (sulfide) groups is 2. The molecular weight excluding hydrogens is 340 g/mol. The maximum atomic E-state index is 12.7. The van der Waals surface area contributed by atoms with Gasteiger partial charge in [-0.25, -0.2) is 0 Å². The van der Waals surface area contributed by atoms with Gasteiger partial charge in [-0.1, -0.05) is 12.2 Å². The van der Waals surface area contributed by atoms with Crippen LogP contribution in [-0.4, -0.2) is 32.5 Å². The average molecular weight is 365 g/mol. The SMILES string of the molecule is COc1ccc(C(=O)C2CC2/C=C/C(C)=C(SC)SC)c(OC)c1. The Hall–Kier alpha value is -1.33. The van der Waals surface area contributed by atoms with Crippen LogP contribution in [0.25, 0.3) is 0 Å². The molecule has 0 bridgehead atoms. The highest BCUT2D eigenvalue weighted by atomic mass is 32.2. The number of hydrogen-bond donors (Lipinski definition) is 0. The van der Waals surface area contributed by atoms with Gasteiger partial charge in [0.1, 0.15) is 11.5 Å². The summed E-state index contributed by atoms with van der Waals surface area (Å²) in [5, 5.41) is 0. The van der Waals surface area contributed by atoms with Gasteiger partial charge in [0.2, 0.25) is 0 Å². The van der Waals surface area contributed by atoms with E-state index in [0.29, 0.717) is 23.0 Å². The van der Waals surface area contributed by atoms with Gasteiger partial charge in [-0.3, -0.25) is 4.79 Å². The van der Waals surface area contributed by atoms with Crippen molar-refractivity contribution in [1.82, 2.24) is 0 Å². The largest absolute Gasteiger partial charge is 0.497 e. The molecule has 24 heavy (non-hydrogen) atoms. The average Bonchev–Trinajstić information content (AvgIpc) is 3.39. The number of methoxy groups -OCH3 is 2. The van der Waals surface area contributed by atoms with E-state index < -0.39 is 0 Å². The molecule has 5 heteroatoms. The van der Waals surface area contributed by atoms with Gasteiger partial charge in [0.15, 0.2) is 5.78 Å². The monoisotopic (exact) mass is 364 g/mol. The van der Waals surface area contributed by atoms with Gasteiger partial charge >= 0.3 is 0 Å². The molecule has 1 fully saturated rings. The van der Waals surface area contributed by atoms with Crippen LogP contribution >= 0.6 is 23.5 Å². The van der Waals surface area contributed by atoms with E-state index in [1.54, 1.807) is 55.9 Å². The van der Waals surface area contributed by atoms with E-state index in [0.717, 1.165) is 6.42 Å². The Kier molecular flexibility index (Phi) is 6.87. The van der Waals surface area contributed by atoms with Gasteiger partial charge in [-0.2, -0.15) is 0 Å². The van der Waals surface area contributed by atoms with Crippen LogP contribution in [0.2, 0.25) is 0 Å². The summed E-state index contributed by atoms with van der Waals surface area (Å²) in [5.41, 5.74) is 1.90. The Morgan fingerprint density at radius 1 is 1.21 bits per heavy atom. The Morgan fingerprint density at radius 2 is 1.92 bits per heavy atom. The Morgan fingerprint density at radius 3 is 2.50 bits per heavy atom. The molecule has 0 amide bonds. The number of benzene rings is 1. The standard InChI is InChI=1S/C19H24O3S2/c1-12(19(23-4)24-5)6-7-13-10-16(13)18(20)15-9-8-14(21-2)11-17(15)22-3/h6-9,11,13,16H,10H2,1-5H3/b7-6+. The van der Waals surface area contributed by atoms with E-state index in [2.05, 4.69) is 31.6 Å². The molecule has 0 radical (unpaired) electrons. The molecule has 3 nitrogen and oxygen atoms in total. The first-order chi connectivity index (χ1) is 11.5. The fourth-order valence-electron chi connectivity index (χ4n) is 2.67. The molecule has 2 rings (SSSR count). The first-order valence-corrected chi connectivity index (χ1v) is 10.2. The number of rotatable bonds is 8. The molecule has 1 aromatic rings. The zero-order valence-electron chi connectivity index (χ0n) is 14.8. The first-order valence-electron chi connectivity index (χ1n) is 7.79. The highest BCUT2D eigenvalue weighted by Crippen LogP contribution is 2.44. The van der Waals surface area contributed by atoms with Gasteiger partial charge < -0.3 is 9.47 Å². The lowest BCUT2D eigenvalue weighted by molar-refractivity contribution is 0.0960. The van der Waals surface area contributed by atoms with E-state index in [-0.39, 0.29) is 11.7 Å². The van der Waals surface area contributed by atoms with E-state index in [9.17, 15) is 4.79 Å². The predicted molar refractivity (Wildman–Crippen MR) is 104 cm³/mol. The molecule has 0 heterocycles. The van der Waals surface area contributed by atoms with Crippen LogP contribution in [-0.2, 0) is 0 Å². The summed E-state index contributed by atoms with van der Waals surface area (Å²) >= 11 is 3.52. The minimum absolute atomic E-state index is 0.0587. The molecule has 0 aliphatic heterocycles. The molecule has 0 saturated heterocycles. The molecule has 0 spiro atoms. The van der Waals surface area contributed by atoms with Gasteiger partial charge in [0.25, 0.3) is 0 Å². The van der Waals surface area contributed by atoms with Crippen molar-refractivity contribution in [2.45, 2.75) is 13.3 Å². The topological polar surface area (TPSA) is 35.5 Å². The quantitative estimate of drug-likeness (QED) is 0.477.